The minimum atomic E-state index is -0.294. The van der Waals surface area contributed by atoms with Crippen LogP contribution in [-0.2, 0) is 6.42 Å². The number of halogens is 2. The summed E-state index contributed by atoms with van der Waals surface area (Å²) in [7, 11) is 0. The van der Waals surface area contributed by atoms with Gasteiger partial charge in [0.2, 0.25) is 0 Å². The van der Waals surface area contributed by atoms with Crippen LogP contribution < -0.4 is 10.6 Å². The van der Waals surface area contributed by atoms with E-state index in [0.717, 1.165) is 49.4 Å². The Morgan fingerprint density at radius 2 is 1.80 bits per heavy atom. The Hall–Kier alpha value is -2.70. The Bertz CT molecular complexity index is 979. The first-order chi connectivity index (χ1) is 14.2. The number of hydrogen-bond acceptors (Lipinski definition) is 3. The molecule has 1 aromatic heterocycles. The maximum atomic E-state index is 13.4. The summed E-state index contributed by atoms with van der Waals surface area (Å²) in [5, 5.41) is 10.9. The summed E-state index contributed by atoms with van der Waals surface area (Å²) in [4.78, 5) is 13.1. The molecule has 3 aromatic rings. The number of aromatic nitrogens is 2. The van der Waals surface area contributed by atoms with Crippen molar-refractivity contribution in [1.82, 2.24) is 15.1 Å². The standard InChI is InChI=1S/C23H25FN4O.ClH/c1-2-16-3-7-19(8-4-16)27-23(29)21-15-26-28(20-9-5-18(24)6-10-20)22(21)17-11-13-25-14-12-17;/h3-10,15,17,25H,2,11-14H2,1H3,(H,27,29);1H. The number of anilines is 1. The van der Waals surface area contributed by atoms with E-state index in [4.69, 9.17) is 0 Å². The van der Waals surface area contributed by atoms with Gasteiger partial charge in [-0.05, 0) is 74.3 Å². The van der Waals surface area contributed by atoms with Crippen LogP contribution >= 0.6 is 12.4 Å². The predicted octanol–water partition coefficient (Wildman–Crippen LogP) is 4.71. The molecule has 5 nitrogen and oxygen atoms in total. The zero-order valence-electron chi connectivity index (χ0n) is 16.9. The molecule has 1 aliphatic heterocycles. The lowest BCUT2D eigenvalue weighted by Crippen LogP contribution is -2.29. The van der Waals surface area contributed by atoms with Gasteiger partial charge in [-0.25, -0.2) is 9.07 Å². The molecule has 0 aliphatic carbocycles. The Morgan fingerprint density at radius 1 is 1.13 bits per heavy atom. The minimum Gasteiger partial charge on any atom is -0.322 e. The molecule has 1 amide bonds. The van der Waals surface area contributed by atoms with Gasteiger partial charge < -0.3 is 10.6 Å². The van der Waals surface area contributed by atoms with E-state index in [1.54, 1.807) is 23.0 Å². The van der Waals surface area contributed by atoms with Crippen LogP contribution in [0.25, 0.3) is 5.69 Å². The molecule has 0 atom stereocenters. The summed E-state index contributed by atoms with van der Waals surface area (Å²) in [6.45, 7) is 3.90. The summed E-state index contributed by atoms with van der Waals surface area (Å²) < 4.78 is 15.2. The first-order valence-corrected chi connectivity index (χ1v) is 10.1. The molecule has 2 N–H and O–H groups in total. The van der Waals surface area contributed by atoms with E-state index in [0.29, 0.717) is 5.56 Å². The third-order valence-corrected chi connectivity index (χ3v) is 5.47. The Balaban J connectivity index is 0.00000256. The van der Waals surface area contributed by atoms with Crippen molar-refractivity contribution >= 4 is 24.0 Å². The van der Waals surface area contributed by atoms with E-state index in [2.05, 4.69) is 22.7 Å². The van der Waals surface area contributed by atoms with Gasteiger partial charge in [0.05, 0.1) is 23.1 Å². The highest BCUT2D eigenvalue weighted by molar-refractivity contribution is 6.05. The number of nitrogens with one attached hydrogen (secondary N) is 2. The first-order valence-electron chi connectivity index (χ1n) is 10.1. The van der Waals surface area contributed by atoms with Gasteiger partial charge in [0.1, 0.15) is 5.82 Å². The van der Waals surface area contributed by atoms with Crippen molar-refractivity contribution in [2.75, 3.05) is 18.4 Å². The molecule has 30 heavy (non-hydrogen) atoms. The van der Waals surface area contributed by atoms with Gasteiger partial charge >= 0.3 is 0 Å². The summed E-state index contributed by atoms with van der Waals surface area (Å²) in [6, 6.07) is 14.1. The predicted molar refractivity (Wildman–Crippen MR) is 119 cm³/mol. The van der Waals surface area contributed by atoms with Gasteiger partial charge in [0.25, 0.3) is 5.91 Å². The van der Waals surface area contributed by atoms with Gasteiger partial charge in [-0.3, -0.25) is 4.79 Å². The Morgan fingerprint density at radius 3 is 2.43 bits per heavy atom. The van der Waals surface area contributed by atoms with Crippen LogP contribution in [0.3, 0.4) is 0 Å². The van der Waals surface area contributed by atoms with Crippen molar-refractivity contribution in [2.24, 2.45) is 0 Å². The Labute approximate surface area is 182 Å². The average molecular weight is 429 g/mol. The van der Waals surface area contributed by atoms with E-state index in [-0.39, 0.29) is 30.0 Å². The summed E-state index contributed by atoms with van der Waals surface area (Å²) in [5.41, 5.74) is 4.20. The fourth-order valence-electron chi connectivity index (χ4n) is 3.83. The molecule has 0 spiro atoms. The van der Waals surface area contributed by atoms with E-state index in [9.17, 15) is 9.18 Å². The largest absolute Gasteiger partial charge is 0.322 e. The maximum absolute atomic E-state index is 13.4. The van der Waals surface area contributed by atoms with Gasteiger partial charge in [0, 0.05) is 11.6 Å². The normalized spacial score (nSPS) is 14.2. The molecule has 7 heteroatoms. The maximum Gasteiger partial charge on any atom is 0.259 e. The Kier molecular flexibility index (Phi) is 7.24. The summed E-state index contributed by atoms with van der Waals surface area (Å²) in [5.74, 6) is -0.249. The second-order valence-corrected chi connectivity index (χ2v) is 7.36. The molecule has 0 bridgehead atoms. The zero-order chi connectivity index (χ0) is 20.2. The van der Waals surface area contributed by atoms with Gasteiger partial charge in [-0.2, -0.15) is 5.10 Å². The zero-order valence-corrected chi connectivity index (χ0v) is 17.7. The number of benzene rings is 2. The van der Waals surface area contributed by atoms with E-state index in [1.165, 1.54) is 17.7 Å². The molecule has 0 saturated carbocycles. The molecule has 1 aliphatic rings. The first kappa shape index (κ1) is 22.0. The SMILES string of the molecule is CCc1ccc(NC(=O)c2cnn(-c3ccc(F)cc3)c2C2CCNCC2)cc1.Cl. The molecule has 0 radical (unpaired) electrons. The van der Waals surface area contributed by atoms with Gasteiger partial charge in [-0.1, -0.05) is 19.1 Å². The van der Waals surface area contributed by atoms with Crippen LogP contribution in [0.15, 0.2) is 54.7 Å². The fraction of sp³-hybridized carbons (Fsp3) is 0.304. The topological polar surface area (TPSA) is 59.0 Å². The quantitative estimate of drug-likeness (QED) is 0.618. The second-order valence-electron chi connectivity index (χ2n) is 7.36. The molecular weight excluding hydrogens is 403 g/mol. The highest BCUT2D eigenvalue weighted by atomic mass is 35.5. The van der Waals surface area contributed by atoms with Crippen molar-refractivity contribution in [3.8, 4) is 5.69 Å². The van der Waals surface area contributed by atoms with Crippen LogP contribution in [0.1, 0.15) is 47.3 Å². The molecule has 1 saturated heterocycles. The highest BCUT2D eigenvalue weighted by Gasteiger charge is 2.27. The highest BCUT2D eigenvalue weighted by Crippen LogP contribution is 2.30. The van der Waals surface area contributed by atoms with Crippen molar-refractivity contribution in [2.45, 2.75) is 32.1 Å². The van der Waals surface area contributed by atoms with Crippen LogP contribution in [-0.4, -0.2) is 28.8 Å². The average Bonchev–Trinajstić information content (AvgIpc) is 3.21. The van der Waals surface area contributed by atoms with Crippen molar-refractivity contribution < 1.29 is 9.18 Å². The number of amides is 1. The molecule has 0 unspecified atom stereocenters. The second kappa shape index (κ2) is 9.87. The fourth-order valence-corrected chi connectivity index (χ4v) is 3.83. The minimum absolute atomic E-state index is 0. The lowest BCUT2D eigenvalue weighted by atomic mass is 9.91. The molecule has 2 heterocycles. The lowest BCUT2D eigenvalue weighted by Gasteiger charge is -2.24. The van der Waals surface area contributed by atoms with Gasteiger partial charge in [-0.15, -0.1) is 12.4 Å². The van der Waals surface area contributed by atoms with Crippen LogP contribution in [0, 0.1) is 5.82 Å². The van der Waals surface area contributed by atoms with Gasteiger partial charge in [0.15, 0.2) is 0 Å². The van der Waals surface area contributed by atoms with Crippen LogP contribution in [0.5, 0.6) is 0 Å². The third kappa shape index (κ3) is 4.71. The van der Waals surface area contributed by atoms with Crippen molar-refractivity contribution in [3.63, 3.8) is 0 Å². The molecule has 1 fully saturated rings. The number of piperidine rings is 1. The van der Waals surface area contributed by atoms with E-state index >= 15 is 0 Å². The number of carbonyl (C=O) groups is 1. The summed E-state index contributed by atoms with van der Waals surface area (Å²) >= 11 is 0. The molecule has 2 aromatic carbocycles. The smallest absolute Gasteiger partial charge is 0.259 e. The third-order valence-electron chi connectivity index (χ3n) is 5.47. The van der Waals surface area contributed by atoms with Crippen LogP contribution in [0.4, 0.5) is 10.1 Å². The lowest BCUT2D eigenvalue weighted by molar-refractivity contribution is 0.102. The molecule has 158 valence electrons. The van der Waals surface area contributed by atoms with Crippen molar-refractivity contribution in [1.29, 1.82) is 0 Å². The van der Waals surface area contributed by atoms with Crippen LogP contribution in [0.2, 0.25) is 0 Å². The number of carbonyl (C=O) groups excluding carboxylic acids is 1. The van der Waals surface area contributed by atoms with E-state index < -0.39 is 0 Å². The number of aryl methyl sites for hydroxylation is 1. The number of nitrogens with zero attached hydrogens (tertiary/aromatic N) is 2. The van der Waals surface area contributed by atoms with Crippen molar-refractivity contribution in [3.05, 3.63) is 77.4 Å². The molecule has 4 rings (SSSR count). The summed E-state index contributed by atoms with van der Waals surface area (Å²) in [6.07, 6.45) is 4.44. The number of rotatable bonds is 5. The monoisotopic (exact) mass is 428 g/mol. The number of hydrogen-bond donors (Lipinski definition) is 2. The van der Waals surface area contributed by atoms with E-state index in [1.807, 2.05) is 24.3 Å². The molecular formula is C23H26ClFN4O.